The van der Waals surface area contributed by atoms with E-state index in [0.29, 0.717) is 22.4 Å². The highest BCUT2D eigenvalue weighted by Gasteiger charge is 2.24. The molecule has 2 heterocycles. The molecule has 8 heteroatoms. The molecule has 0 radical (unpaired) electrons. The Balaban J connectivity index is 1.98. The maximum absolute atomic E-state index is 13.3. The molecule has 0 saturated carbocycles. The number of anilines is 1. The summed E-state index contributed by atoms with van der Waals surface area (Å²) in [4.78, 5) is 21.9. The van der Waals surface area contributed by atoms with Crippen LogP contribution < -0.4 is 4.90 Å². The van der Waals surface area contributed by atoms with Crippen LogP contribution in [0.3, 0.4) is 0 Å². The standard InChI is InChI=1S/C20H26ClN5OS/c1-6-26-13(2)12-16(23-26)19(27)25(11-7-10-24(4)5)20-22-18-14(3)15(21)8-9-17(18)28-20/h8-9,12H,6-7,10-11H2,1-5H3. The van der Waals surface area contributed by atoms with Crippen LogP contribution in [0.2, 0.25) is 5.02 Å². The Morgan fingerprint density at radius 3 is 2.64 bits per heavy atom. The third-order valence-corrected chi connectivity index (χ3v) is 6.15. The van der Waals surface area contributed by atoms with Crippen molar-refractivity contribution in [3.63, 3.8) is 0 Å². The summed E-state index contributed by atoms with van der Waals surface area (Å²) in [6.45, 7) is 8.15. The smallest absolute Gasteiger partial charge is 0.280 e. The van der Waals surface area contributed by atoms with Gasteiger partial charge in [-0.2, -0.15) is 5.10 Å². The molecule has 0 N–H and O–H groups in total. The van der Waals surface area contributed by atoms with Crippen LogP contribution in [0.4, 0.5) is 5.13 Å². The monoisotopic (exact) mass is 419 g/mol. The summed E-state index contributed by atoms with van der Waals surface area (Å²) in [6, 6.07) is 5.69. The van der Waals surface area contributed by atoms with Crippen molar-refractivity contribution in [1.82, 2.24) is 19.7 Å². The van der Waals surface area contributed by atoms with Crippen molar-refractivity contribution in [2.24, 2.45) is 0 Å². The van der Waals surface area contributed by atoms with E-state index in [1.54, 1.807) is 4.90 Å². The van der Waals surface area contributed by atoms with Gasteiger partial charge in [0.15, 0.2) is 10.8 Å². The quantitative estimate of drug-likeness (QED) is 0.570. The van der Waals surface area contributed by atoms with Gasteiger partial charge in [0.25, 0.3) is 5.91 Å². The summed E-state index contributed by atoms with van der Waals surface area (Å²) in [7, 11) is 4.06. The van der Waals surface area contributed by atoms with Gasteiger partial charge >= 0.3 is 0 Å². The molecule has 0 spiro atoms. The van der Waals surface area contributed by atoms with Crippen molar-refractivity contribution in [3.8, 4) is 0 Å². The molecule has 2 aromatic heterocycles. The van der Waals surface area contributed by atoms with Crippen molar-refractivity contribution >= 4 is 44.2 Å². The minimum Gasteiger partial charge on any atom is -0.309 e. The fourth-order valence-electron chi connectivity index (χ4n) is 3.11. The average Bonchev–Trinajstić information content (AvgIpc) is 3.25. The van der Waals surface area contributed by atoms with Gasteiger partial charge in [-0.15, -0.1) is 0 Å². The first-order valence-electron chi connectivity index (χ1n) is 9.38. The summed E-state index contributed by atoms with van der Waals surface area (Å²) < 4.78 is 2.87. The lowest BCUT2D eigenvalue weighted by Gasteiger charge is -2.20. The van der Waals surface area contributed by atoms with E-state index in [2.05, 4.69) is 10.00 Å². The number of thiazole rings is 1. The van der Waals surface area contributed by atoms with Crippen molar-refractivity contribution in [2.45, 2.75) is 33.7 Å². The number of aromatic nitrogens is 3. The first kappa shape index (κ1) is 20.8. The third-order valence-electron chi connectivity index (χ3n) is 4.70. The van der Waals surface area contributed by atoms with E-state index < -0.39 is 0 Å². The molecule has 3 rings (SSSR count). The first-order valence-corrected chi connectivity index (χ1v) is 10.6. The van der Waals surface area contributed by atoms with E-state index in [-0.39, 0.29) is 5.91 Å². The number of amides is 1. The van der Waals surface area contributed by atoms with E-state index in [1.807, 2.05) is 57.7 Å². The minimum absolute atomic E-state index is 0.114. The second-order valence-electron chi connectivity index (χ2n) is 7.12. The largest absolute Gasteiger partial charge is 0.309 e. The fraction of sp³-hybridized carbons (Fsp3) is 0.450. The Bertz CT molecular complexity index is 994. The summed E-state index contributed by atoms with van der Waals surface area (Å²) in [6.07, 6.45) is 0.849. The molecule has 0 unspecified atom stereocenters. The number of hydrogen-bond acceptors (Lipinski definition) is 5. The van der Waals surface area contributed by atoms with Crippen LogP contribution >= 0.6 is 22.9 Å². The normalized spacial score (nSPS) is 11.5. The van der Waals surface area contributed by atoms with Gasteiger partial charge in [0.2, 0.25) is 0 Å². The molecule has 150 valence electrons. The van der Waals surface area contributed by atoms with Gasteiger partial charge in [0, 0.05) is 23.8 Å². The number of aryl methyl sites for hydroxylation is 3. The Morgan fingerprint density at radius 1 is 1.25 bits per heavy atom. The van der Waals surface area contributed by atoms with Crippen molar-refractivity contribution < 1.29 is 4.79 Å². The predicted molar refractivity (Wildman–Crippen MR) is 117 cm³/mol. The Labute approximate surface area is 174 Å². The zero-order valence-corrected chi connectivity index (χ0v) is 18.6. The highest BCUT2D eigenvalue weighted by Crippen LogP contribution is 2.34. The van der Waals surface area contributed by atoms with Crippen LogP contribution in [0.25, 0.3) is 10.2 Å². The average molecular weight is 420 g/mol. The van der Waals surface area contributed by atoms with Crippen LogP contribution in [0, 0.1) is 13.8 Å². The lowest BCUT2D eigenvalue weighted by Crippen LogP contribution is -2.33. The summed E-state index contributed by atoms with van der Waals surface area (Å²) in [5, 5.41) is 5.85. The minimum atomic E-state index is -0.114. The summed E-state index contributed by atoms with van der Waals surface area (Å²) in [5.74, 6) is -0.114. The Hall–Kier alpha value is -1.96. The van der Waals surface area contributed by atoms with E-state index in [9.17, 15) is 4.79 Å². The molecule has 3 aromatic rings. The van der Waals surface area contributed by atoms with Crippen LogP contribution in [0.15, 0.2) is 18.2 Å². The van der Waals surface area contributed by atoms with Gasteiger partial charge in [0.05, 0.1) is 10.2 Å². The van der Waals surface area contributed by atoms with Crippen molar-refractivity contribution in [2.75, 3.05) is 32.1 Å². The molecule has 0 aliphatic rings. The van der Waals surface area contributed by atoms with Crippen molar-refractivity contribution in [3.05, 3.63) is 40.2 Å². The number of rotatable bonds is 7. The summed E-state index contributed by atoms with van der Waals surface area (Å²) >= 11 is 7.77. The highest BCUT2D eigenvalue weighted by molar-refractivity contribution is 7.22. The molecule has 1 amide bonds. The molecule has 0 saturated heterocycles. The first-order chi connectivity index (χ1) is 13.3. The predicted octanol–water partition coefficient (Wildman–Crippen LogP) is 4.38. The van der Waals surface area contributed by atoms with E-state index in [4.69, 9.17) is 16.6 Å². The van der Waals surface area contributed by atoms with Crippen LogP contribution in [-0.4, -0.2) is 52.8 Å². The molecule has 6 nitrogen and oxygen atoms in total. The zero-order valence-electron chi connectivity index (χ0n) is 17.0. The van der Waals surface area contributed by atoms with Gasteiger partial charge in [-0.25, -0.2) is 4.98 Å². The lowest BCUT2D eigenvalue weighted by atomic mass is 10.2. The number of carbonyl (C=O) groups is 1. The number of hydrogen-bond donors (Lipinski definition) is 0. The molecule has 0 aliphatic heterocycles. The topological polar surface area (TPSA) is 54.3 Å². The molecular formula is C20H26ClN5OS. The van der Waals surface area contributed by atoms with Crippen LogP contribution in [-0.2, 0) is 6.54 Å². The fourth-order valence-corrected chi connectivity index (χ4v) is 4.31. The molecule has 0 atom stereocenters. The molecular weight excluding hydrogens is 394 g/mol. The second kappa shape index (κ2) is 8.59. The molecule has 0 fully saturated rings. The number of nitrogens with zero attached hydrogens (tertiary/aromatic N) is 5. The summed E-state index contributed by atoms with van der Waals surface area (Å²) in [5.41, 5.74) is 3.23. The number of fused-ring (bicyclic) bond motifs is 1. The number of benzene rings is 1. The zero-order chi connectivity index (χ0) is 20.4. The van der Waals surface area contributed by atoms with Crippen molar-refractivity contribution in [1.29, 1.82) is 0 Å². The highest BCUT2D eigenvalue weighted by atomic mass is 35.5. The Kier molecular flexibility index (Phi) is 6.37. The van der Waals surface area contributed by atoms with Gasteiger partial charge in [-0.3, -0.25) is 14.4 Å². The molecule has 28 heavy (non-hydrogen) atoms. The second-order valence-corrected chi connectivity index (χ2v) is 8.53. The maximum Gasteiger partial charge on any atom is 0.280 e. The molecule has 0 bridgehead atoms. The van der Waals surface area contributed by atoms with E-state index >= 15 is 0 Å². The SMILES string of the molecule is CCn1nc(C(=O)N(CCCN(C)C)c2nc3c(C)c(Cl)ccc3s2)cc1C. The van der Waals surface area contributed by atoms with Gasteiger partial charge in [0.1, 0.15) is 0 Å². The number of carbonyl (C=O) groups excluding carboxylic acids is 1. The Morgan fingerprint density at radius 2 is 2.00 bits per heavy atom. The maximum atomic E-state index is 13.3. The third kappa shape index (κ3) is 4.21. The van der Waals surface area contributed by atoms with Gasteiger partial charge in [-0.05, 0) is 71.6 Å². The van der Waals surface area contributed by atoms with Gasteiger partial charge < -0.3 is 4.90 Å². The lowest BCUT2D eigenvalue weighted by molar-refractivity contribution is 0.0980. The van der Waals surface area contributed by atoms with Crippen LogP contribution in [0.1, 0.15) is 35.1 Å². The van der Waals surface area contributed by atoms with E-state index in [1.165, 1.54) is 11.3 Å². The molecule has 0 aliphatic carbocycles. The number of halogens is 1. The van der Waals surface area contributed by atoms with Crippen LogP contribution in [0.5, 0.6) is 0 Å². The molecule has 1 aromatic carbocycles. The van der Waals surface area contributed by atoms with E-state index in [0.717, 1.165) is 41.0 Å². The van der Waals surface area contributed by atoms with Gasteiger partial charge in [-0.1, -0.05) is 22.9 Å².